The number of nitrogens with one attached hydrogen (secondary N) is 2. The van der Waals surface area contributed by atoms with Crippen LogP contribution in [0.5, 0.6) is 0 Å². The molecule has 3 aromatic rings. The van der Waals surface area contributed by atoms with Crippen LogP contribution in [0.15, 0.2) is 30.3 Å². The van der Waals surface area contributed by atoms with Crippen LogP contribution in [0.25, 0.3) is 11.2 Å². The minimum atomic E-state index is 0.455. The van der Waals surface area contributed by atoms with Crippen LogP contribution < -0.4 is 10.2 Å². The first-order chi connectivity index (χ1) is 12.6. The van der Waals surface area contributed by atoms with Gasteiger partial charge in [-0.05, 0) is 49.1 Å². The molecule has 1 aromatic carbocycles. The minimum Gasteiger partial charge on any atom is -0.385 e. The highest BCUT2D eigenvalue weighted by molar-refractivity contribution is 6.35. The molecule has 26 heavy (non-hydrogen) atoms. The zero-order chi connectivity index (χ0) is 18.1. The van der Waals surface area contributed by atoms with Crippen LogP contribution in [0.1, 0.15) is 12.8 Å². The molecule has 0 unspecified atom stereocenters. The first-order valence-corrected chi connectivity index (χ1v) is 9.67. The number of H-pyrrole nitrogens is 1. The van der Waals surface area contributed by atoms with E-state index in [-0.39, 0.29) is 0 Å². The number of anilines is 2. The number of nitrogens with zero attached hydrogens (tertiary/aromatic N) is 3. The van der Waals surface area contributed by atoms with Crippen molar-refractivity contribution in [1.29, 1.82) is 0 Å². The van der Waals surface area contributed by atoms with E-state index >= 15 is 0 Å². The second kappa shape index (κ2) is 7.51. The molecule has 1 saturated heterocycles. The lowest BCUT2D eigenvalue weighted by atomic mass is 9.98. The Morgan fingerprint density at radius 2 is 1.92 bits per heavy atom. The van der Waals surface area contributed by atoms with Crippen LogP contribution >= 0.6 is 34.8 Å². The van der Waals surface area contributed by atoms with Gasteiger partial charge in [-0.15, -0.1) is 0 Å². The van der Waals surface area contributed by atoms with Crippen LogP contribution in [0, 0.1) is 5.92 Å². The van der Waals surface area contributed by atoms with Gasteiger partial charge in [0.05, 0.1) is 5.52 Å². The molecule has 1 fully saturated rings. The Bertz CT molecular complexity index is 906. The molecule has 0 bridgehead atoms. The third kappa shape index (κ3) is 4.00. The smallest absolute Gasteiger partial charge is 0.205 e. The van der Waals surface area contributed by atoms with Gasteiger partial charge in [-0.2, -0.15) is 4.98 Å². The molecule has 0 aliphatic carbocycles. The number of imidazole rings is 1. The van der Waals surface area contributed by atoms with Gasteiger partial charge in [0.15, 0.2) is 5.65 Å². The largest absolute Gasteiger partial charge is 0.385 e. The van der Waals surface area contributed by atoms with E-state index in [0.29, 0.717) is 26.8 Å². The van der Waals surface area contributed by atoms with Gasteiger partial charge in [0.25, 0.3) is 0 Å². The van der Waals surface area contributed by atoms with Gasteiger partial charge in [-0.1, -0.05) is 34.8 Å². The average molecular weight is 411 g/mol. The first-order valence-electron chi connectivity index (χ1n) is 8.54. The Morgan fingerprint density at radius 1 is 1.12 bits per heavy atom. The van der Waals surface area contributed by atoms with Crippen LogP contribution in [0.4, 0.5) is 11.6 Å². The highest BCUT2D eigenvalue weighted by Gasteiger charge is 2.22. The van der Waals surface area contributed by atoms with Crippen LogP contribution in [-0.2, 0) is 0 Å². The standard InChI is InChI=1S/C18H18Cl3N5/c19-12-6-13(20)8-14(7-12)22-9-11-2-1-5-26(10-11)18-23-15-3-4-16(21)24-17(15)25-18/h3-4,6-8,11,22H,1-2,5,9-10H2,(H,23,24,25)/t11-/m1/s1. The van der Waals surface area contributed by atoms with E-state index in [4.69, 9.17) is 34.8 Å². The van der Waals surface area contributed by atoms with Gasteiger partial charge in [-0.3, -0.25) is 0 Å². The van der Waals surface area contributed by atoms with Crippen molar-refractivity contribution in [3.63, 3.8) is 0 Å². The summed E-state index contributed by atoms with van der Waals surface area (Å²) in [6.45, 7) is 2.76. The number of aromatic nitrogens is 3. The Kier molecular flexibility index (Phi) is 5.11. The van der Waals surface area contributed by atoms with Gasteiger partial charge in [-0.25, -0.2) is 4.98 Å². The Labute approximate surface area is 166 Å². The minimum absolute atomic E-state index is 0.455. The summed E-state index contributed by atoms with van der Waals surface area (Å²) in [5, 5.41) is 5.18. The Balaban J connectivity index is 1.43. The number of halogens is 3. The van der Waals surface area contributed by atoms with Crippen molar-refractivity contribution in [3.05, 3.63) is 45.5 Å². The van der Waals surface area contributed by atoms with Gasteiger partial charge in [0.2, 0.25) is 5.95 Å². The summed E-state index contributed by atoms with van der Waals surface area (Å²) in [5.74, 6) is 1.36. The molecule has 136 valence electrons. The lowest BCUT2D eigenvalue weighted by molar-refractivity contribution is 0.429. The van der Waals surface area contributed by atoms with Gasteiger partial charge in [0, 0.05) is 35.4 Å². The van der Waals surface area contributed by atoms with E-state index < -0.39 is 0 Å². The summed E-state index contributed by atoms with van der Waals surface area (Å²) in [5.41, 5.74) is 2.50. The molecule has 0 radical (unpaired) electrons. The molecular weight excluding hydrogens is 393 g/mol. The fourth-order valence-corrected chi connectivity index (χ4v) is 4.02. The molecule has 5 nitrogen and oxygen atoms in total. The summed E-state index contributed by atoms with van der Waals surface area (Å²) in [7, 11) is 0. The zero-order valence-corrected chi connectivity index (χ0v) is 16.2. The molecule has 0 saturated carbocycles. The van der Waals surface area contributed by atoms with Gasteiger partial charge >= 0.3 is 0 Å². The topological polar surface area (TPSA) is 56.8 Å². The Morgan fingerprint density at radius 3 is 2.73 bits per heavy atom. The SMILES string of the molecule is Clc1cc(Cl)cc(NC[C@H]2CCCN(c3nc4nc(Cl)ccc4[nH]3)C2)c1. The quantitative estimate of drug-likeness (QED) is 0.577. The lowest BCUT2D eigenvalue weighted by Crippen LogP contribution is -2.38. The van der Waals surface area contributed by atoms with Gasteiger partial charge < -0.3 is 15.2 Å². The van der Waals surface area contributed by atoms with Crippen molar-refractivity contribution in [3.8, 4) is 0 Å². The fraction of sp³-hybridized carbons (Fsp3) is 0.333. The number of hydrogen-bond donors (Lipinski definition) is 2. The zero-order valence-electron chi connectivity index (χ0n) is 14.0. The molecule has 4 rings (SSSR count). The maximum Gasteiger partial charge on any atom is 0.205 e. The highest BCUT2D eigenvalue weighted by Crippen LogP contribution is 2.26. The highest BCUT2D eigenvalue weighted by atomic mass is 35.5. The van der Waals surface area contributed by atoms with Crippen LogP contribution in [0.3, 0.4) is 0 Å². The predicted octanol–water partition coefficient (Wildman–Crippen LogP) is 5.25. The molecule has 8 heteroatoms. The van der Waals surface area contributed by atoms with Gasteiger partial charge in [0.1, 0.15) is 5.15 Å². The third-order valence-electron chi connectivity index (χ3n) is 4.58. The molecule has 0 spiro atoms. The van der Waals surface area contributed by atoms with Crippen molar-refractivity contribution in [2.45, 2.75) is 12.8 Å². The number of pyridine rings is 1. The van der Waals surface area contributed by atoms with Crippen molar-refractivity contribution >= 4 is 57.6 Å². The second-order valence-electron chi connectivity index (χ2n) is 6.56. The third-order valence-corrected chi connectivity index (χ3v) is 5.22. The van der Waals surface area contributed by atoms with Crippen LogP contribution in [-0.4, -0.2) is 34.6 Å². The molecular formula is C18H18Cl3N5. The van der Waals surface area contributed by atoms with E-state index in [0.717, 1.165) is 43.2 Å². The second-order valence-corrected chi connectivity index (χ2v) is 7.82. The molecule has 2 N–H and O–H groups in total. The maximum absolute atomic E-state index is 6.06. The van der Waals surface area contributed by atoms with E-state index in [9.17, 15) is 0 Å². The fourth-order valence-electron chi connectivity index (χ4n) is 3.35. The number of hydrogen-bond acceptors (Lipinski definition) is 4. The summed E-state index contributed by atoms with van der Waals surface area (Å²) in [6.07, 6.45) is 2.29. The lowest BCUT2D eigenvalue weighted by Gasteiger charge is -2.32. The van der Waals surface area contributed by atoms with Crippen molar-refractivity contribution in [2.75, 3.05) is 29.9 Å². The monoisotopic (exact) mass is 409 g/mol. The van der Waals surface area contributed by atoms with E-state index in [1.807, 2.05) is 18.2 Å². The van der Waals surface area contributed by atoms with Crippen molar-refractivity contribution in [1.82, 2.24) is 15.0 Å². The number of fused-ring (bicyclic) bond motifs is 1. The van der Waals surface area contributed by atoms with Crippen LogP contribution in [0.2, 0.25) is 15.2 Å². The summed E-state index contributed by atoms with van der Waals surface area (Å²) < 4.78 is 0. The Hall–Kier alpha value is -1.69. The molecule has 2 aromatic heterocycles. The number of rotatable bonds is 4. The molecule has 3 heterocycles. The maximum atomic E-state index is 6.06. The van der Waals surface area contributed by atoms with E-state index in [2.05, 4.69) is 25.2 Å². The molecule has 1 aliphatic rings. The van der Waals surface area contributed by atoms with Crippen molar-refractivity contribution < 1.29 is 0 Å². The predicted molar refractivity (Wildman–Crippen MR) is 109 cm³/mol. The normalized spacial score (nSPS) is 17.7. The first kappa shape index (κ1) is 17.7. The van der Waals surface area contributed by atoms with E-state index in [1.54, 1.807) is 12.1 Å². The summed E-state index contributed by atoms with van der Waals surface area (Å²) in [6, 6.07) is 9.20. The molecule has 0 amide bonds. The molecule has 1 atom stereocenters. The van der Waals surface area contributed by atoms with Crippen molar-refractivity contribution in [2.24, 2.45) is 5.92 Å². The summed E-state index contributed by atoms with van der Waals surface area (Å²) in [4.78, 5) is 14.5. The molecule has 1 aliphatic heterocycles. The number of benzene rings is 1. The number of aromatic amines is 1. The number of piperidine rings is 1. The average Bonchev–Trinajstić information content (AvgIpc) is 3.03. The van der Waals surface area contributed by atoms with E-state index in [1.165, 1.54) is 6.42 Å². The summed E-state index contributed by atoms with van der Waals surface area (Å²) >= 11 is 18.1.